The maximum atomic E-state index is 14.6. The van der Waals surface area contributed by atoms with Gasteiger partial charge in [-0.2, -0.15) is 0 Å². The third-order valence-electron chi connectivity index (χ3n) is 17.4. The highest BCUT2D eigenvalue weighted by molar-refractivity contribution is 5.90. The van der Waals surface area contributed by atoms with E-state index in [4.69, 9.17) is 25.9 Å². The number of allylic oxidation sites excluding steroid dienone is 2. The quantitative estimate of drug-likeness (QED) is 0.101. The summed E-state index contributed by atoms with van der Waals surface area (Å²) in [6.07, 6.45) is 11.9. The van der Waals surface area contributed by atoms with Crippen molar-refractivity contribution in [1.82, 2.24) is 15.5 Å². The number of fused-ring (bicyclic) bond motifs is 7. The highest BCUT2D eigenvalue weighted by Gasteiger charge is 2.71. The summed E-state index contributed by atoms with van der Waals surface area (Å²) in [4.78, 5) is 40.3. The number of nitrogens with one attached hydrogen (secondary N) is 2. The summed E-state index contributed by atoms with van der Waals surface area (Å²) in [5, 5.41) is 15.3. The van der Waals surface area contributed by atoms with Crippen molar-refractivity contribution in [3.05, 3.63) is 53.6 Å². The van der Waals surface area contributed by atoms with Crippen molar-refractivity contribution in [3.63, 3.8) is 0 Å². The summed E-state index contributed by atoms with van der Waals surface area (Å²) < 4.78 is 16.9. The first kappa shape index (κ1) is 43.1. The van der Waals surface area contributed by atoms with Crippen LogP contribution in [0.25, 0.3) is 5.57 Å². The molecule has 10 heteroatoms. The van der Waals surface area contributed by atoms with Crippen LogP contribution in [0.3, 0.4) is 0 Å². The number of rotatable bonds is 14. The number of hydrogen-bond acceptors (Lipinski definition) is 8. The van der Waals surface area contributed by atoms with E-state index in [0.717, 1.165) is 76.9 Å². The maximum absolute atomic E-state index is 14.6. The molecule has 9 atom stereocenters. The number of carbonyl (C=O) groups excluding carboxylic acids is 2. The predicted molar refractivity (Wildman–Crippen MR) is 226 cm³/mol. The summed E-state index contributed by atoms with van der Waals surface area (Å²) in [6.45, 7) is 23.7. The van der Waals surface area contributed by atoms with Crippen LogP contribution in [-0.2, 0) is 23.8 Å². The zero-order valence-electron chi connectivity index (χ0n) is 36.3. The zero-order chi connectivity index (χ0) is 41.5. The molecule has 1 saturated heterocycles. The van der Waals surface area contributed by atoms with Crippen LogP contribution in [0.5, 0.6) is 0 Å². The average molecular weight is 802 g/mol. The van der Waals surface area contributed by atoms with Crippen LogP contribution in [-0.4, -0.2) is 101 Å². The van der Waals surface area contributed by atoms with Gasteiger partial charge in [-0.25, -0.2) is 4.79 Å². The third-order valence-corrected chi connectivity index (χ3v) is 17.4. The molecular weight excluding hydrogens is 731 g/mol. The van der Waals surface area contributed by atoms with Crippen LogP contribution < -0.4 is 10.6 Å². The Kier molecular flexibility index (Phi) is 12.5. The van der Waals surface area contributed by atoms with Crippen molar-refractivity contribution in [2.75, 3.05) is 72.8 Å². The third kappa shape index (κ3) is 7.40. The molecule has 0 bridgehead atoms. The van der Waals surface area contributed by atoms with Crippen LogP contribution in [0, 0.1) is 56.7 Å². The Morgan fingerprint density at radius 1 is 0.914 bits per heavy atom. The number of hydrogen-bond donors (Lipinski definition) is 3. The van der Waals surface area contributed by atoms with Gasteiger partial charge in [0.2, 0.25) is 5.91 Å². The molecule has 0 radical (unpaired) electrons. The lowest BCUT2D eigenvalue weighted by Crippen LogP contribution is -2.66. The fraction of sp³-hybridized carbons (Fsp3) is 0.729. The van der Waals surface area contributed by atoms with Gasteiger partial charge in [-0.15, -0.1) is 0 Å². The van der Waals surface area contributed by atoms with E-state index >= 15 is 0 Å². The van der Waals surface area contributed by atoms with Gasteiger partial charge < -0.3 is 30.0 Å². The van der Waals surface area contributed by atoms with Crippen LogP contribution in [0.2, 0.25) is 0 Å². The largest absolute Gasteiger partial charge is 0.480 e. The number of methoxy groups -OCH3 is 1. The van der Waals surface area contributed by atoms with E-state index in [1.54, 1.807) is 0 Å². The molecule has 0 aromatic heterocycles. The minimum atomic E-state index is -0.896. The Bertz CT molecular complexity index is 1740. The lowest BCUT2D eigenvalue weighted by atomic mass is 9.32. The fourth-order valence-corrected chi connectivity index (χ4v) is 14.4. The number of carbonyl (C=O) groups is 3. The number of nitrogens with zero attached hydrogens (tertiary/aromatic N) is 1. The number of ether oxygens (including phenoxy) is 3. The van der Waals surface area contributed by atoms with Gasteiger partial charge in [-0.3, -0.25) is 14.5 Å². The molecule has 1 aliphatic heterocycles. The van der Waals surface area contributed by atoms with Crippen molar-refractivity contribution < 1.29 is 33.7 Å². The Hall–Kier alpha value is -3.05. The molecule has 58 heavy (non-hydrogen) atoms. The van der Waals surface area contributed by atoms with Gasteiger partial charge in [0.25, 0.3) is 0 Å². The lowest BCUT2D eigenvalue weighted by Gasteiger charge is -2.72. The standard InChI is InChI=1S/C48H71N3O7/c1-32(31-58-29-26-51-24-27-57-28-25-51)35-14-19-48(43(55)50-23-22-49-30-40(52)53)21-20-46(5)37(41(35)48)12-13-39-45(4)17-15-36(33-8-10-34(11-9-33)42(54)56-7)44(2,3)38(45)16-18-47(39,46)6/h8-11,15,35,37-39,41,49H,1,12-14,16-31H2,2-7H3,(H,50,55)(H,52,53)/t35-,37+,38-,39+,41+,45-,46+,47+,48-/m0/s1. The van der Waals surface area contributed by atoms with Crippen molar-refractivity contribution in [3.8, 4) is 0 Å². The van der Waals surface area contributed by atoms with Gasteiger partial charge in [-0.1, -0.05) is 59.4 Å². The van der Waals surface area contributed by atoms with Crippen molar-refractivity contribution >= 4 is 23.4 Å². The maximum Gasteiger partial charge on any atom is 0.337 e. The number of carboxylic acid groups (broad SMARTS) is 1. The van der Waals surface area contributed by atoms with E-state index in [2.05, 4.69) is 68.4 Å². The van der Waals surface area contributed by atoms with Crippen molar-refractivity contribution in [2.45, 2.75) is 92.4 Å². The molecule has 5 fully saturated rings. The Balaban J connectivity index is 1.14. The van der Waals surface area contributed by atoms with E-state index in [0.29, 0.717) is 49.6 Å². The second-order valence-corrected chi connectivity index (χ2v) is 20.1. The van der Waals surface area contributed by atoms with Crippen LogP contribution in [0.15, 0.2) is 42.5 Å². The van der Waals surface area contributed by atoms with Crippen LogP contribution >= 0.6 is 0 Å². The van der Waals surface area contributed by atoms with E-state index in [1.807, 2.05) is 12.1 Å². The molecule has 0 spiro atoms. The molecule has 1 amide bonds. The Morgan fingerprint density at radius 3 is 2.36 bits per heavy atom. The molecule has 1 aromatic rings. The Morgan fingerprint density at radius 2 is 1.66 bits per heavy atom. The molecular formula is C48H71N3O7. The normalized spacial score (nSPS) is 36.7. The summed E-state index contributed by atoms with van der Waals surface area (Å²) in [5.74, 6) is 0.843. The molecule has 10 nitrogen and oxygen atoms in total. The van der Waals surface area contributed by atoms with Crippen LogP contribution in [0.4, 0.5) is 0 Å². The summed E-state index contributed by atoms with van der Waals surface area (Å²) in [7, 11) is 1.43. The number of amides is 1. The van der Waals surface area contributed by atoms with E-state index in [1.165, 1.54) is 37.5 Å². The lowest BCUT2D eigenvalue weighted by molar-refractivity contribution is -0.225. The minimum Gasteiger partial charge on any atom is -0.480 e. The SMILES string of the molecule is C=C(COCCN1CCOCC1)[C@@H]1CC[C@]2(C(=O)NCCNCC(=O)O)CC[C@]3(C)[C@H](CC[C@@H]4[C@@]5(C)CC=C(c6ccc(C(=O)OC)cc6)C(C)(C)[C@@H]5CC[C@]43C)[C@@H]12. The first-order chi connectivity index (χ1) is 27.6. The molecule has 1 heterocycles. The summed E-state index contributed by atoms with van der Waals surface area (Å²) >= 11 is 0. The predicted octanol–water partition coefficient (Wildman–Crippen LogP) is 7.24. The molecule has 6 aliphatic rings. The smallest absolute Gasteiger partial charge is 0.337 e. The van der Waals surface area contributed by atoms with Crippen molar-refractivity contribution in [2.24, 2.45) is 56.7 Å². The van der Waals surface area contributed by atoms with E-state index in [9.17, 15) is 14.4 Å². The number of benzene rings is 1. The van der Waals surface area contributed by atoms with Gasteiger partial charge >= 0.3 is 11.9 Å². The van der Waals surface area contributed by atoms with Crippen molar-refractivity contribution in [1.29, 1.82) is 0 Å². The molecule has 7 rings (SSSR count). The second kappa shape index (κ2) is 16.8. The molecule has 1 aromatic carbocycles. The number of aliphatic carboxylic acids is 1. The summed E-state index contributed by atoms with van der Waals surface area (Å²) in [6, 6.07) is 7.99. The molecule has 4 saturated carbocycles. The first-order valence-electron chi connectivity index (χ1n) is 22.3. The Labute approximate surface area is 347 Å². The molecule has 320 valence electrons. The first-order valence-corrected chi connectivity index (χ1v) is 22.3. The molecule has 3 N–H and O–H groups in total. The van der Waals surface area contributed by atoms with Gasteiger partial charge in [0.1, 0.15) is 0 Å². The van der Waals surface area contributed by atoms with E-state index < -0.39 is 11.4 Å². The number of esters is 1. The summed E-state index contributed by atoms with van der Waals surface area (Å²) in [5.41, 5.74) is 4.14. The van der Waals surface area contributed by atoms with E-state index in [-0.39, 0.29) is 51.9 Å². The highest BCUT2D eigenvalue weighted by atomic mass is 16.5. The fourth-order valence-electron chi connectivity index (χ4n) is 14.4. The second-order valence-electron chi connectivity index (χ2n) is 20.1. The van der Waals surface area contributed by atoms with Gasteiger partial charge in [0.15, 0.2) is 0 Å². The van der Waals surface area contributed by atoms with Gasteiger partial charge in [0, 0.05) is 32.7 Å². The topological polar surface area (TPSA) is 126 Å². The molecule has 5 aliphatic carbocycles. The molecule has 0 unspecified atom stereocenters. The van der Waals surface area contributed by atoms with Gasteiger partial charge in [0.05, 0.1) is 51.1 Å². The minimum absolute atomic E-state index is 0.0337. The zero-order valence-corrected chi connectivity index (χ0v) is 36.3. The number of morpholine rings is 1. The average Bonchev–Trinajstić information content (AvgIpc) is 3.60. The monoisotopic (exact) mass is 802 g/mol. The number of carboxylic acids is 1. The van der Waals surface area contributed by atoms with Gasteiger partial charge in [-0.05, 0) is 138 Å². The highest BCUT2D eigenvalue weighted by Crippen LogP contribution is 2.77. The van der Waals surface area contributed by atoms with Crippen LogP contribution in [0.1, 0.15) is 108 Å².